The lowest BCUT2D eigenvalue weighted by Gasteiger charge is -2.07. The van der Waals surface area contributed by atoms with Crippen LogP contribution < -0.4 is 10.1 Å². The molecule has 1 amide bonds. The van der Waals surface area contributed by atoms with E-state index in [1.165, 1.54) is 0 Å². The number of benzene rings is 3. The highest BCUT2D eigenvalue weighted by Gasteiger charge is 2.09. The number of ether oxygens (including phenoxy) is 1. The molecule has 0 atom stereocenters. The number of rotatable bonds is 4. The summed E-state index contributed by atoms with van der Waals surface area (Å²) in [7, 11) is 0. The van der Waals surface area contributed by atoms with Gasteiger partial charge in [0, 0.05) is 16.5 Å². The Balaban J connectivity index is 1.46. The molecule has 4 aromatic rings. The minimum absolute atomic E-state index is 0.110. The summed E-state index contributed by atoms with van der Waals surface area (Å²) in [5.41, 5.74) is 2.76. The molecule has 0 unspecified atom stereocenters. The van der Waals surface area contributed by atoms with Crippen LogP contribution in [0, 0.1) is 11.3 Å². The lowest BCUT2D eigenvalue weighted by Crippen LogP contribution is -2.20. The van der Waals surface area contributed by atoms with E-state index in [0.29, 0.717) is 17.0 Å². The van der Waals surface area contributed by atoms with Gasteiger partial charge in [-0.05, 0) is 48.5 Å². The number of carbonyl (C=O) groups is 1. The summed E-state index contributed by atoms with van der Waals surface area (Å²) in [5, 5.41) is 13.5. The molecule has 0 aliphatic heterocycles. The smallest absolute Gasteiger partial charge is 0.262 e. The van der Waals surface area contributed by atoms with E-state index in [0.717, 1.165) is 21.9 Å². The van der Waals surface area contributed by atoms with Crippen molar-refractivity contribution in [1.29, 1.82) is 5.26 Å². The summed E-state index contributed by atoms with van der Waals surface area (Å²) < 4.78 is 11.4. The molecule has 0 saturated heterocycles. The molecule has 5 nitrogen and oxygen atoms in total. The number of furan rings is 1. The summed E-state index contributed by atoms with van der Waals surface area (Å²) in [6.07, 6.45) is 0. The lowest BCUT2D eigenvalue weighted by atomic mass is 10.1. The van der Waals surface area contributed by atoms with Crippen molar-refractivity contribution >= 4 is 33.5 Å². The molecule has 0 fully saturated rings. The van der Waals surface area contributed by atoms with Gasteiger partial charge in [-0.25, -0.2) is 0 Å². The average Bonchev–Trinajstić information content (AvgIpc) is 3.05. The minimum atomic E-state index is -0.271. The fraction of sp³-hybridized carbons (Fsp3) is 0.0476. The van der Waals surface area contributed by atoms with Crippen molar-refractivity contribution in [3.8, 4) is 11.8 Å². The number of hydrogen-bond acceptors (Lipinski definition) is 4. The Morgan fingerprint density at radius 3 is 2.58 bits per heavy atom. The van der Waals surface area contributed by atoms with Crippen molar-refractivity contribution in [3.05, 3.63) is 72.3 Å². The van der Waals surface area contributed by atoms with Gasteiger partial charge in [0.15, 0.2) is 6.61 Å². The molecule has 1 aromatic heterocycles. The number of fused-ring (bicyclic) bond motifs is 3. The first kappa shape index (κ1) is 15.7. The van der Waals surface area contributed by atoms with Crippen LogP contribution in [0.1, 0.15) is 5.56 Å². The number of hydrogen-bond donors (Lipinski definition) is 1. The SMILES string of the molecule is N#Cc1ccc(NC(=O)COc2ccc3oc4ccccc4c3c2)cc1. The number of amides is 1. The van der Waals surface area contributed by atoms with E-state index in [2.05, 4.69) is 5.32 Å². The van der Waals surface area contributed by atoms with E-state index in [4.69, 9.17) is 14.4 Å². The Morgan fingerprint density at radius 1 is 1.00 bits per heavy atom. The first-order valence-corrected chi connectivity index (χ1v) is 8.07. The van der Waals surface area contributed by atoms with Crippen LogP contribution in [0.5, 0.6) is 5.75 Å². The van der Waals surface area contributed by atoms with Gasteiger partial charge in [-0.2, -0.15) is 5.26 Å². The highest BCUT2D eigenvalue weighted by molar-refractivity contribution is 6.05. The van der Waals surface area contributed by atoms with Gasteiger partial charge in [0.25, 0.3) is 5.91 Å². The van der Waals surface area contributed by atoms with Gasteiger partial charge >= 0.3 is 0 Å². The number of nitriles is 1. The van der Waals surface area contributed by atoms with Crippen molar-refractivity contribution < 1.29 is 13.9 Å². The van der Waals surface area contributed by atoms with Crippen LogP contribution in [-0.2, 0) is 4.79 Å². The Kier molecular flexibility index (Phi) is 4.00. The van der Waals surface area contributed by atoms with Crippen LogP contribution in [0.25, 0.3) is 21.9 Å². The second-order valence-electron chi connectivity index (χ2n) is 5.78. The third-order valence-electron chi connectivity index (χ3n) is 4.02. The van der Waals surface area contributed by atoms with Crippen LogP contribution >= 0.6 is 0 Å². The fourth-order valence-corrected chi connectivity index (χ4v) is 2.77. The maximum Gasteiger partial charge on any atom is 0.262 e. The molecule has 0 bridgehead atoms. The first-order chi connectivity index (χ1) is 12.7. The number of anilines is 1. The molecule has 126 valence electrons. The molecule has 5 heteroatoms. The molecule has 3 aromatic carbocycles. The molecular weight excluding hydrogens is 328 g/mol. The van der Waals surface area contributed by atoms with Crippen LogP contribution in [0.2, 0.25) is 0 Å². The van der Waals surface area contributed by atoms with E-state index in [1.807, 2.05) is 42.5 Å². The Hall–Kier alpha value is -3.78. The third kappa shape index (κ3) is 3.08. The third-order valence-corrected chi connectivity index (χ3v) is 4.02. The summed E-state index contributed by atoms with van der Waals surface area (Å²) in [4.78, 5) is 12.0. The fourth-order valence-electron chi connectivity index (χ4n) is 2.77. The highest BCUT2D eigenvalue weighted by Crippen LogP contribution is 2.31. The van der Waals surface area contributed by atoms with E-state index >= 15 is 0 Å². The lowest BCUT2D eigenvalue weighted by molar-refractivity contribution is -0.118. The average molecular weight is 342 g/mol. The van der Waals surface area contributed by atoms with Gasteiger partial charge < -0.3 is 14.5 Å². The molecule has 1 heterocycles. The zero-order chi connectivity index (χ0) is 17.9. The number of nitrogens with zero attached hydrogens (tertiary/aromatic N) is 1. The van der Waals surface area contributed by atoms with Crippen molar-refractivity contribution in [2.45, 2.75) is 0 Å². The van der Waals surface area contributed by atoms with Gasteiger partial charge in [-0.15, -0.1) is 0 Å². The van der Waals surface area contributed by atoms with Gasteiger partial charge in [0.2, 0.25) is 0 Å². The maximum absolute atomic E-state index is 12.0. The van der Waals surface area contributed by atoms with Crippen LogP contribution in [0.4, 0.5) is 5.69 Å². The van der Waals surface area contributed by atoms with Crippen molar-refractivity contribution in [2.24, 2.45) is 0 Å². The predicted octanol–water partition coefficient (Wildman–Crippen LogP) is 4.48. The summed E-state index contributed by atoms with van der Waals surface area (Å²) in [5.74, 6) is 0.325. The normalized spacial score (nSPS) is 10.6. The van der Waals surface area contributed by atoms with E-state index in [-0.39, 0.29) is 12.5 Å². The van der Waals surface area contributed by atoms with Crippen LogP contribution in [0.15, 0.2) is 71.1 Å². The number of nitrogens with one attached hydrogen (secondary N) is 1. The summed E-state index contributed by atoms with van der Waals surface area (Å²) in [6, 6.07) is 22.0. The molecule has 0 spiro atoms. The Labute approximate surface area is 149 Å². The van der Waals surface area contributed by atoms with Crippen LogP contribution in [-0.4, -0.2) is 12.5 Å². The van der Waals surface area contributed by atoms with Crippen molar-refractivity contribution in [1.82, 2.24) is 0 Å². The monoisotopic (exact) mass is 342 g/mol. The zero-order valence-corrected chi connectivity index (χ0v) is 13.7. The van der Waals surface area contributed by atoms with Gasteiger partial charge in [0.05, 0.1) is 11.6 Å². The molecular formula is C21H14N2O3. The molecule has 0 saturated carbocycles. The molecule has 0 radical (unpaired) electrons. The Morgan fingerprint density at radius 2 is 1.77 bits per heavy atom. The molecule has 0 aliphatic rings. The van der Waals surface area contributed by atoms with Crippen molar-refractivity contribution in [3.63, 3.8) is 0 Å². The van der Waals surface area contributed by atoms with Crippen LogP contribution in [0.3, 0.4) is 0 Å². The molecule has 0 aliphatic carbocycles. The van der Waals surface area contributed by atoms with Gasteiger partial charge in [-0.3, -0.25) is 4.79 Å². The van der Waals surface area contributed by atoms with E-state index in [9.17, 15) is 4.79 Å². The Bertz CT molecular complexity index is 1140. The zero-order valence-electron chi connectivity index (χ0n) is 13.7. The standard InChI is InChI=1S/C21H14N2O3/c22-12-14-5-7-15(8-6-14)23-21(24)13-25-16-9-10-20-18(11-16)17-3-1-2-4-19(17)26-20/h1-11H,13H2,(H,23,24). The summed E-state index contributed by atoms with van der Waals surface area (Å²) >= 11 is 0. The molecule has 1 N–H and O–H groups in total. The predicted molar refractivity (Wildman–Crippen MR) is 99.0 cm³/mol. The highest BCUT2D eigenvalue weighted by atomic mass is 16.5. The maximum atomic E-state index is 12.0. The number of para-hydroxylation sites is 1. The first-order valence-electron chi connectivity index (χ1n) is 8.07. The molecule has 4 rings (SSSR count). The van der Waals surface area contributed by atoms with Crippen molar-refractivity contribution in [2.75, 3.05) is 11.9 Å². The largest absolute Gasteiger partial charge is 0.484 e. The topological polar surface area (TPSA) is 75.3 Å². The van der Waals surface area contributed by atoms with Gasteiger partial charge in [0.1, 0.15) is 16.9 Å². The van der Waals surface area contributed by atoms with E-state index in [1.54, 1.807) is 30.3 Å². The van der Waals surface area contributed by atoms with Gasteiger partial charge in [-0.1, -0.05) is 18.2 Å². The second kappa shape index (κ2) is 6.61. The molecule has 26 heavy (non-hydrogen) atoms. The summed E-state index contributed by atoms with van der Waals surface area (Å²) in [6.45, 7) is -0.110. The van der Waals surface area contributed by atoms with E-state index < -0.39 is 0 Å². The minimum Gasteiger partial charge on any atom is -0.484 e. The number of carbonyl (C=O) groups excluding carboxylic acids is 1. The second-order valence-corrected chi connectivity index (χ2v) is 5.78. The quantitative estimate of drug-likeness (QED) is 0.593.